The van der Waals surface area contributed by atoms with Crippen LogP contribution >= 0.6 is 39.3 Å². The van der Waals surface area contributed by atoms with Gasteiger partial charge in [-0.15, -0.1) is 15.3 Å². The van der Waals surface area contributed by atoms with Gasteiger partial charge in [0.15, 0.2) is 16.8 Å². The molecule has 214 valence electrons. The maximum Gasteiger partial charge on any atom is 0.192 e. The monoisotopic (exact) mass is 670 g/mol. The van der Waals surface area contributed by atoms with E-state index in [1.807, 2.05) is 89.6 Å². The van der Waals surface area contributed by atoms with Crippen LogP contribution in [-0.4, -0.2) is 41.3 Å². The maximum absolute atomic E-state index is 12.9. The smallest absolute Gasteiger partial charge is 0.192 e. The van der Waals surface area contributed by atoms with Gasteiger partial charge in [-0.3, -0.25) is 9.36 Å². The molecule has 6 aromatic rings. The Balaban J connectivity index is 1.24. The van der Waals surface area contributed by atoms with Crippen LogP contribution in [0.3, 0.4) is 0 Å². The van der Waals surface area contributed by atoms with Crippen LogP contribution in [0.1, 0.15) is 21.6 Å². The molecule has 0 aliphatic rings. The highest BCUT2D eigenvalue weighted by Gasteiger charge is 2.20. The lowest BCUT2D eigenvalue weighted by atomic mass is 10.1. The fourth-order valence-electron chi connectivity index (χ4n) is 4.37. The number of rotatable bonds is 11. The zero-order valence-corrected chi connectivity index (χ0v) is 25.8. The summed E-state index contributed by atoms with van der Waals surface area (Å²) >= 11 is 10.8. The van der Waals surface area contributed by atoms with Crippen molar-refractivity contribution in [3.63, 3.8) is 0 Å². The van der Waals surface area contributed by atoms with Crippen LogP contribution in [-0.2, 0) is 13.2 Å². The van der Waals surface area contributed by atoms with E-state index < -0.39 is 0 Å². The van der Waals surface area contributed by atoms with Crippen molar-refractivity contribution in [2.24, 2.45) is 0 Å². The molecule has 43 heavy (non-hydrogen) atoms. The van der Waals surface area contributed by atoms with Gasteiger partial charge in [0.2, 0.25) is 0 Å². The first-order chi connectivity index (χ1) is 21.0. The number of hydrogen-bond acceptors (Lipinski definition) is 7. The van der Waals surface area contributed by atoms with E-state index in [1.54, 1.807) is 16.8 Å². The third-order valence-corrected chi connectivity index (χ3v) is 8.28. The highest BCUT2D eigenvalue weighted by atomic mass is 79.9. The molecule has 0 fully saturated rings. The molecule has 11 heteroatoms. The molecular weight excluding hydrogens is 648 g/mol. The molecule has 0 saturated carbocycles. The number of nitrogens with zero attached hydrogens (tertiary/aromatic N) is 6. The Morgan fingerprint density at radius 2 is 1.60 bits per heavy atom. The van der Waals surface area contributed by atoms with Crippen molar-refractivity contribution in [3.05, 3.63) is 136 Å². The molecule has 0 N–H and O–H groups in total. The molecule has 4 aromatic carbocycles. The second-order valence-electron chi connectivity index (χ2n) is 9.51. The Morgan fingerprint density at radius 3 is 2.40 bits per heavy atom. The average molecular weight is 672 g/mol. The normalized spacial score (nSPS) is 11.0. The van der Waals surface area contributed by atoms with E-state index in [-0.39, 0.29) is 18.1 Å². The van der Waals surface area contributed by atoms with Gasteiger partial charge >= 0.3 is 0 Å². The highest BCUT2D eigenvalue weighted by Crippen LogP contribution is 2.32. The quantitative estimate of drug-likeness (QED) is 0.104. The first-order valence-corrected chi connectivity index (χ1v) is 15.5. The number of benzene rings is 4. The Morgan fingerprint density at radius 1 is 0.860 bits per heavy atom. The SMILES string of the molecule is O=C(CSc1nnc(-c2ccccc2OCc2cn(-c3ccc(Cl)cc3)nn2)n1Cc1ccccc1)c1ccc(Br)cc1. The Hall–Kier alpha value is -4.25. The predicted molar refractivity (Wildman–Crippen MR) is 171 cm³/mol. The summed E-state index contributed by atoms with van der Waals surface area (Å²) in [4.78, 5) is 12.9. The summed E-state index contributed by atoms with van der Waals surface area (Å²) in [7, 11) is 0. The summed E-state index contributed by atoms with van der Waals surface area (Å²) in [6.07, 6.45) is 1.82. The molecule has 0 aliphatic heterocycles. The van der Waals surface area contributed by atoms with Crippen LogP contribution in [0.15, 0.2) is 119 Å². The van der Waals surface area contributed by atoms with Crippen molar-refractivity contribution in [2.75, 3.05) is 5.75 Å². The number of ketones is 1. The fourth-order valence-corrected chi connectivity index (χ4v) is 5.59. The zero-order chi connectivity index (χ0) is 29.6. The third-order valence-electron chi connectivity index (χ3n) is 6.53. The number of aromatic nitrogens is 6. The molecule has 8 nitrogen and oxygen atoms in total. The predicted octanol–water partition coefficient (Wildman–Crippen LogP) is 7.54. The van der Waals surface area contributed by atoms with Gasteiger partial charge in [0.25, 0.3) is 0 Å². The van der Waals surface area contributed by atoms with Crippen molar-refractivity contribution < 1.29 is 9.53 Å². The standard InChI is InChI=1S/C32H24BrClN6O2S/c33-24-12-10-23(11-13-24)29(41)21-43-32-37-36-31(39(32)18-22-6-2-1-3-7-22)28-8-4-5-9-30(28)42-20-26-19-40(38-35-26)27-16-14-25(34)15-17-27/h1-17,19H,18,20-21H2. The summed E-state index contributed by atoms with van der Waals surface area (Å²) < 4.78 is 10.9. The van der Waals surface area contributed by atoms with Gasteiger partial charge < -0.3 is 4.74 Å². The van der Waals surface area contributed by atoms with E-state index >= 15 is 0 Å². The van der Waals surface area contributed by atoms with Gasteiger partial charge in [-0.1, -0.05) is 99.1 Å². The van der Waals surface area contributed by atoms with Crippen LogP contribution in [0, 0.1) is 0 Å². The van der Waals surface area contributed by atoms with E-state index in [2.05, 4.69) is 48.6 Å². The van der Waals surface area contributed by atoms with Crippen molar-refractivity contribution in [2.45, 2.75) is 18.3 Å². The first kappa shape index (κ1) is 28.9. The lowest BCUT2D eigenvalue weighted by molar-refractivity contribution is 0.102. The van der Waals surface area contributed by atoms with E-state index in [0.29, 0.717) is 39.6 Å². The highest BCUT2D eigenvalue weighted by molar-refractivity contribution is 9.10. The molecule has 0 amide bonds. The molecule has 0 atom stereocenters. The van der Waals surface area contributed by atoms with E-state index in [0.717, 1.165) is 21.3 Å². The van der Waals surface area contributed by atoms with Gasteiger partial charge in [-0.2, -0.15) is 0 Å². The molecule has 0 aliphatic carbocycles. The van der Waals surface area contributed by atoms with Gasteiger partial charge in [-0.05, 0) is 54.1 Å². The molecule has 2 aromatic heterocycles. The molecule has 0 saturated heterocycles. The van der Waals surface area contributed by atoms with Gasteiger partial charge in [0.1, 0.15) is 18.1 Å². The number of carbonyl (C=O) groups is 1. The number of hydrogen-bond donors (Lipinski definition) is 0. The third kappa shape index (κ3) is 7.05. The van der Waals surface area contributed by atoms with E-state index in [9.17, 15) is 4.79 Å². The molecule has 0 unspecified atom stereocenters. The van der Waals surface area contributed by atoms with Crippen LogP contribution in [0.5, 0.6) is 5.75 Å². The first-order valence-electron chi connectivity index (χ1n) is 13.3. The number of ether oxygens (including phenoxy) is 1. The summed E-state index contributed by atoms with van der Waals surface area (Å²) in [5.41, 5.74) is 4.03. The topological polar surface area (TPSA) is 87.7 Å². The zero-order valence-electron chi connectivity index (χ0n) is 22.7. The van der Waals surface area contributed by atoms with Crippen molar-refractivity contribution >= 4 is 45.1 Å². The van der Waals surface area contributed by atoms with Crippen molar-refractivity contribution in [3.8, 4) is 22.8 Å². The van der Waals surface area contributed by atoms with Crippen LogP contribution < -0.4 is 4.74 Å². The van der Waals surface area contributed by atoms with Crippen molar-refractivity contribution in [1.82, 2.24) is 29.8 Å². The fraction of sp³-hybridized carbons (Fsp3) is 0.0938. The maximum atomic E-state index is 12.9. The van der Waals surface area contributed by atoms with Crippen LogP contribution in [0.2, 0.25) is 5.02 Å². The minimum atomic E-state index is 0.0173. The number of halogens is 2. The molecule has 2 heterocycles. The minimum absolute atomic E-state index is 0.0173. The Kier molecular flexibility index (Phi) is 8.97. The summed E-state index contributed by atoms with van der Waals surface area (Å²) in [5.74, 6) is 1.52. The minimum Gasteiger partial charge on any atom is -0.486 e. The molecular formula is C32H24BrClN6O2S. The molecule has 0 spiro atoms. The van der Waals surface area contributed by atoms with Crippen molar-refractivity contribution in [1.29, 1.82) is 0 Å². The van der Waals surface area contributed by atoms with Crippen LogP contribution in [0.4, 0.5) is 0 Å². The Bertz CT molecular complexity index is 1840. The largest absolute Gasteiger partial charge is 0.486 e. The second-order valence-corrected chi connectivity index (χ2v) is 11.8. The van der Waals surface area contributed by atoms with Gasteiger partial charge in [0.05, 0.1) is 29.7 Å². The lowest BCUT2D eigenvalue weighted by Crippen LogP contribution is -2.07. The van der Waals surface area contributed by atoms with Gasteiger partial charge in [-0.25, -0.2) is 4.68 Å². The molecule has 0 bridgehead atoms. The van der Waals surface area contributed by atoms with E-state index in [4.69, 9.17) is 16.3 Å². The average Bonchev–Trinajstić information content (AvgIpc) is 3.67. The molecule has 6 rings (SSSR count). The summed E-state index contributed by atoms with van der Waals surface area (Å²) in [6, 6.07) is 32.5. The van der Waals surface area contributed by atoms with Gasteiger partial charge in [0, 0.05) is 15.1 Å². The number of para-hydroxylation sites is 1. The van der Waals surface area contributed by atoms with E-state index in [1.165, 1.54) is 11.8 Å². The summed E-state index contributed by atoms with van der Waals surface area (Å²) in [6.45, 7) is 0.739. The summed E-state index contributed by atoms with van der Waals surface area (Å²) in [5, 5.41) is 18.8. The lowest BCUT2D eigenvalue weighted by Gasteiger charge is -2.13. The number of thioether (sulfide) groups is 1. The van der Waals surface area contributed by atoms with Crippen LogP contribution in [0.25, 0.3) is 17.1 Å². The molecule has 0 radical (unpaired) electrons. The number of carbonyl (C=O) groups excluding carboxylic acids is 1. The second kappa shape index (κ2) is 13.4. The number of Topliss-reactive ketones (excluding diaryl/α,β-unsaturated/α-hetero) is 1. The Labute approximate surface area is 265 Å².